The van der Waals surface area contributed by atoms with Gasteiger partial charge in [-0.05, 0) is 32.1 Å². The van der Waals surface area contributed by atoms with Crippen molar-refractivity contribution in [3.8, 4) is 0 Å². The van der Waals surface area contributed by atoms with E-state index >= 15 is 0 Å². The molecule has 0 aromatic heterocycles. The van der Waals surface area contributed by atoms with Crippen molar-refractivity contribution in [1.82, 2.24) is 0 Å². The molecule has 0 unspecified atom stereocenters. The van der Waals surface area contributed by atoms with Crippen LogP contribution in [0.25, 0.3) is 0 Å². The molecule has 0 aliphatic rings. The van der Waals surface area contributed by atoms with Gasteiger partial charge in [0.05, 0.1) is 13.2 Å². The highest BCUT2D eigenvalue weighted by Gasteiger charge is 2.16. The van der Waals surface area contributed by atoms with Crippen LogP contribution in [0.3, 0.4) is 0 Å². The molecule has 0 spiro atoms. The van der Waals surface area contributed by atoms with E-state index in [1.165, 1.54) is 77.0 Å². The number of unbranched alkanes of at least 4 members (excludes halogenated alkanes) is 12. The fraction of sp³-hybridized carbons (Fsp3) is 0.905. The van der Waals surface area contributed by atoms with Gasteiger partial charge in [-0.1, -0.05) is 76.9 Å². The van der Waals surface area contributed by atoms with E-state index in [0.717, 1.165) is 12.8 Å². The standard InChI is InChI=1S/C21H43O6P/c1-2-3-4-5-6-7-8-9-10-11-12-13-14-15-16-17-18-26-19-21(22)20-27-28(23,24)25/h9-10,21-22H,2-8,11-20H2,1H3,(H2,23,24,25)/b10-9-/t21-/m0/s1. The van der Waals surface area contributed by atoms with Crippen LogP contribution in [0.4, 0.5) is 0 Å². The van der Waals surface area contributed by atoms with E-state index in [1.807, 2.05) is 0 Å². The fourth-order valence-corrected chi connectivity index (χ4v) is 3.27. The number of rotatable bonds is 21. The number of aliphatic hydroxyl groups is 1. The molecule has 0 aromatic rings. The van der Waals surface area contributed by atoms with Gasteiger partial charge < -0.3 is 19.6 Å². The first-order valence-electron chi connectivity index (χ1n) is 11.1. The lowest BCUT2D eigenvalue weighted by atomic mass is 10.1. The first kappa shape index (κ1) is 27.8. The number of aliphatic hydroxyl groups excluding tert-OH is 1. The predicted molar refractivity (Wildman–Crippen MR) is 114 cm³/mol. The van der Waals surface area contributed by atoms with Crippen molar-refractivity contribution in [3.05, 3.63) is 12.2 Å². The zero-order valence-corrected chi connectivity index (χ0v) is 18.7. The van der Waals surface area contributed by atoms with Crippen molar-refractivity contribution >= 4 is 7.82 Å². The Bertz CT molecular complexity index is 396. The number of hydrogen-bond donors (Lipinski definition) is 3. The predicted octanol–water partition coefficient (Wildman–Crippen LogP) is 5.51. The Labute approximate surface area is 172 Å². The van der Waals surface area contributed by atoms with E-state index in [4.69, 9.17) is 14.5 Å². The van der Waals surface area contributed by atoms with E-state index in [1.54, 1.807) is 0 Å². The maximum absolute atomic E-state index is 10.5. The maximum atomic E-state index is 10.5. The molecule has 0 aliphatic carbocycles. The van der Waals surface area contributed by atoms with Crippen LogP contribution < -0.4 is 0 Å². The Morgan fingerprint density at radius 2 is 1.29 bits per heavy atom. The van der Waals surface area contributed by atoms with E-state index in [9.17, 15) is 9.67 Å². The second-order valence-electron chi connectivity index (χ2n) is 7.45. The van der Waals surface area contributed by atoms with Gasteiger partial charge in [0.15, 0.2) is 0 Å². The number of phosphoric acid groups is 1. The molecule has 0 radical (unpaired) electrons. The molecule has 0 rings (SSSR count). The Balaban J connectivity index is 3.21. The number of hydrogen-bond acceptors (Lipinski definition) is 4. The minimum atomic E-state index is -4.52. The number of phosphoric ester groups is 1. The van der Waals surface area contributed by atoms with Gasteiger partial charge in [0.25, 0.3) is 0 Å². The Kier molecular flexibility index (Phi) is 19.9. The maximum Gasteiger partial charge on any atom is 0.469 e. The molecule has 1 atom stereocenters. The van der Waals surface area contributed by atoms with Crippen LogP contribution in [0.15, 0.2) is 12.2 Å². The minimum Gasteiger partial charge on any atom is -0.388 e. The van der Waals surface area contributed by atoms with Crippen LogP contribution in [0.1, 0.15) is 96.8 Å². The van der Waals surface area contributed by atoms with E-state index in [2.05, 4.69) is 23.6 Å². The van der Waals surface area contributed by atoms with E-state index in [0.29, 0.717) is 6.61 Å². The molecule has 0 amide bonds. The zero-order valence-electron chi connectivity index (χ0n) is 17.8. The fourth-order valence-electron chi connectivity index (χ4n) is 2.90. The Hall–Kier alpha value is -0.230. The van der Waals surface area contributed by atoms with Gasteiger partial charge in [0, 0.05) is 6.61 Å². The molecule has 28 heavy (non-hydrogen) atoms. The van der Waals surface area contributed by atoms with Gasteiger partial charge >= 0.3 is 7.82 Å². The van der Waals surface area contributed by atoms with Gasteiger partial charge in [0.1, 0.15) is 6.10 Å². The average molecular weight is 423 g/mol. The molecule has 0 fully saturated rings. The lowest BCUT2D eigenvalue weighted by molar-refractivity contribution is 0.00476. The SMILES string of the molecule is CCCCCCCC/C=C\CCCCCCCCOC[C@H](O)COP(=O)(O)O. The number of ether oxygens (including phenoxy) is 1. The third-order valence-electron chi connectivity index (χ3n) is 4.55. The van der Waals surface area contributed by atoms with Gasteiger partial charge in [-0.25, -0.2) is 4.57 Å². The topological polar surface area (TPSA) is 96.2 Å². The summed E-state index contributed by atoms with van der Waals surface area (Å²) in [5.74, 6) is 0. The molecule has 168 valence electrons. The normalized spacial score (nSPS) is 13.4. The zero-order chi connectivity index (χ0) is 20.9. The first-order chi connectivity index (χ1) is 13.5. The van der Waals surface area contributed by atoms with Crippen molar-refractivity contribution in [1.29, 1.82) is 0 Å². The minimum absolute atomic E-state index is 0.0328. The van der Waals surface area contributed by atoms with Crippen LogP contribution in [-0.2, 0) is 13.8 Å². The molecular formula is C21H43O6P. The largest absolute Gasteiger partial charge is 0.469 e. The summed E-state index contributed by atoms with van der Waals surface area (Å²) in [7, 11) is -4.52. The lowest BCUT2D eigenvalue weighted by Crippen LogP contribution is -2.21. The summed E-state index contributed by atoms with van der Waals surface area (Å²) in [5, 5.41) is 9.45. The van der Waals surface area contributed by atoms with Gasteiger partial charge in [-0.2, -0.15) is 0 Å². The van der Waals surface area contributed by atoms with Gasteiger partial charge in [-0.15, -0.1) is 0 Å². The highest BCUT2D eigenvalue weighted by atomic mass is 31.2. The molecule has 6 nitrogen and oxygen atoms in total. The van der Waals surface area contributed by atoms with E-state index < -0.39 is 20.5 Å². The third kappa shape index (κ3) is 23.8. The average Bonchev–Trinajstić information content (AvgIpc) is 2.65. The summed E-state index contributed by atoms with van der Waals surface area (Å²) in [6.07, 6.45) is 21.2. The van der Waals surface area contributed by atoms with Crippen molar-refractivity contribution in [2.45, 2.75) is 103 Å². The van der Waals surface area contributed by atoms with Crippen molar-refractivity contribution in [2.24, 2.45) is 0 Å². The molecular weight excluding hydrogens is 379 g/mol. The molecule has 0 saturated heterocycles. The monoisotopic (exact) mass is 422 g/mol. The van der Waals surface area contributed by atoms with Gasteiger partial charge in [0.2, 0.25) is 0 Å². The summed E-state index contributed by atoms with van der Waals surface area (Å²) in [6.45, 7) is 2.42. The summed E-state index contributed by atoms with van der Waals surface area (Å²) in [4.78, 5) is 17.1. The summed E-state index contributed by atoms with van der Waals surface area (Å²) < 4.78 is 20.0. The van der Waals surface area contributed by atoms with Crippen molar-refractivity contribution in [3.63, 3.8) is 0 Å². The lowest BCUT2D eigenvalue weighted by Gasteiger charge is -2.12. The van der Waals surface area contributed by atoms with Crippen LogP contribution in [0.2, 0.25) is 0 Å². The molecule has 0 aliphatic heterocycles. The molecule has 0 bridgehead atoms. The Morgan fingerprint density at radius 3 is 1.82 bits per heavy atom. The molecule has 7 heteroatoms. The molecule has 0 aromatic carbocycles. The van der Waals surface area contributed by atoms with Crippen LogP contribution in [0.5, 0.6) is 0 Å². The molecule has 0 heterocycles. The Morgan fingerprint density at radius 1 is 0.786 bits per heavy atom. The van der Waals surface area contributed by atoms with Gasteiger partial charge in [-0.3, -0.25) is 4.52 Å². The molecule has 0 saturated carbocycles. The third-order valence-corrected chi connectivity index (χ3v) is 5.03. The number of allylic oxidation sites excluding steroid dienone is 2. The quantitative estimate of drug-likeness (QED) is 0.128. The van der Waals surface area contributed by atoms with E-state index in [-0.39, 0.29) is 6.61 Å². The van der Waals surface area contributed by atoms with Crippen LogP contribution in [0, 0.1) is 0 Å². The smallest absolute Gasteiger partial charge is 0.388 e. The summed E-state index contributed by atoms with van der Waals surface area (Å²) in [5.41, 5.74) is 0. The van der Waals surface area contributed by atoms with Crippen molar-refractivity contribution in [2.75, 3.05) is 19.8 Å². The highest BCUT2D eigenvalue weighted by Crippen LogP contribution is 2.35. The first-order valence-corrected chi connectivity index (χ1v) is 12.6. The summed E-state index contributed by atoms with van der Waals surface area (Å²) >= 11 is 0. The summed E-state index contributed by atoms with van der Waals surface area (Å²) in [6, 6.07) is 0. The van der Waals surface area contributed by atoms with Crippen LogP contribution in [-0.4, -0.2) is 40.8 Å². The second-order valence-corrected chi connectivity index (χ2v) is 8.69. The van der Waals surface area contributed by atoms with Crippen molar-refractivity contribution < 1.29 is 28.7 Å². The highest BCUT2D eigenvalue weighted by molar-refractivity contribution is 7.46. The second kappa shape index (κ2) is 20.1. The van der Waals surface area contributed by atoms with Crippen LogP contribution >= 0.6 is 7.82 Å². The molecule has 3 N–H and O–H groups in total.